The normalized spacial score (nSPS) is 10.5. The first kappa shape index (κ1) is 20.1. The highest BCUT2D eigenvalue weighted by atomic mass is 79.9. The van der Waals surface area contributed by atoms with Crippen molar-refractivity contribution in [2.75, 3.05) is 11.9 Å². The van der Waals surface area contributed by atoms with E-state index in [4.69, 9.17) is 10.5 Å². The average Bonchev–Trinajstić information content (AvgIpc) is 2.97. The van der Waals surface area contributed by atoms with Crippen molar-refractivity contribution in [2.45, 2.75) is 13.3 Å². The first-order chi connectivity index (χ1) is 13.4. The monoisotopic (exact) mass is 458 g/mol. The van der Waals surface area contributed by atoms with Crippen molar-refractivity contribution in [1.29, 1.82) is 0 Å². The summed E-state index contributed by atoms with van der Waals surface area (Å²) in [7, 11) is 0. The third-order valence-electron chi connectivity index (χ3n) is 4.14. The molecule has 3 N–H and O–H groups in total. The Balaban J connectivity index is 1.73. The summed E-state index contributed by atoms with van der Waals surface area (Å²) in [6, 6.07) is 17.1. The molecular formula is C21H19BrN2O3S. The predicted molar refractivity (Wildman–Crippen MR) is 115 cm³/mol. The Bertz CT molecular complexity index is 985. The van der Waals surface area contributed by atoms with Crippen molar-refractivity contribution in [3.63, 3.8) is 0 Å². The van der Waals surface area contributed by atoms with Crippen molar-refractivity contribution >= 4 is 44.1 Å². The number of anilines is 1. The molecule has 0 unspecified atom stereocenters. The van der Waals surface area contributed by atoms with Crippen LogP contribution in [0.5, 0.6) is 5.75 Å². The molecule has 0 aliphatic rings. The summed E-state index contributed by atoms with van der Waals surface area (Å²) in [5.74, 6) is -0.323. The van der Waals surface area contributed by atoms with Gasteiger partial charge in [0.2, 0.25) is 0 Å². The Kier molecular flexibility index (Phi) is 6.49. The molecule has 0 radical (unpaired) electrons. The smallest absolute Gasteiger partial charge is 0.262 e. The zero-order valence-electron chi connectivity index (χ0n) is 15.2. The first-order valence-corrected chi connectivity index (χ1v) is 10.2. The van der Waals surface area contributed by atoms with E-state index in [2.05, 4.69) is 21.2 Å². The largest absolute Gasteiger partial charge is 0.484 e. The third kappa shape index (κ3) is 4.99. The summed E-state index contributed by atoms with van der Waals surface area (Å²) >= 11 is 4.71. The Morgan fingerprint density at radius 3 is 2.43 bits per heavy atom. The van der Waals surface area contributed by atoms with E-state index in [0.29, 0.717) is 22.7 Å². The number of rotatable bonds is 7. The lowest BCUT2D eigenvalue weighted by Gasteiger charge is -2.07. The molecule has 0 bridgehead atoms. The number of primary amides is 1. The summed E-state index contributed by atoms with van der Waals surface area (Å²) < 4.78 is 6.41. The molecule has 0 saturated heterocycles. The fourth-order valence-electron chi connectivity index (χ4n) is 2.74. The van der Waals surface area contributed by atoms with Gasteiger partial charge in [-0.25, -0.2) is 0 Å². The maximum Gasteiger partial charge on any atom is 0.262 e. The molecular weight excluding hydrogens is 440 g/mol. The molecule has 2 aromatic carbocycles. The molecule has 28 heavy (non-hydrogen) atoms. The number of nitrogens with one attached hydrogen (secondary N) is 1. The van der Waals surface area contributed by atoms with E-state index in [0.717, 1.165) is 20.5 Å². The first-order valence-electron chi connectivity index (χ1n) is 8.58. The molecule has 7 heteroatoms. The Labute approximate surface area is 175 Å². The van der Waals surface area contributed by atoms with Gasteiger partial charge in [0.1, 0.15) is 10.8 Å². The Hall–Kier alpha value is -2.64. The van der Waals surface area contributed by atoms with Crippen molar-refractivity contribution in [3.8, 4) is 5.75 Å². The minimum absolute atomic E-state index is 0.162. The molecule has 3 rings (SSSR count). The lowest BCUT2D eigenvalue weighted by Crippen LogP contribution is -2.22. The van der Waals surface area contributed by atoms with Gasteiger partial charge in [-0.2, -0.15) is 0 Å². The van der Waals surface area contributed by atoms with Crippen molar-refractivity contribution in [3.05, 3.63) is 80.6 Å². The SMILES string of the molecule is Cc1c(Cc2ccccc2)sc(NC(=O)COc2ccc(Br)cc2)c1C(N)=O. The molecule has 0 aliphatic heterocycles. The van der Waals surface area contributed by atoms with Gasteiger partial charge in [-0.1, -0.05) is 46.3 Å². The van der Waals surface area contributed by atoms with E-state index in [1.165, 1.54) is 11.3 Å². The second-order valence-electron chi connectivity index (χ2n) is 6.17. The number of ether oxygens (including phenoxy) is 1. The van der Waals surface area contributed by atoms with E-state index >= 15 is 0 Å². The van der Waals surface area contributed by atoms with Crippen LogP contribution in [0.2, 0.25) is 0 Å². The molecule has 5 nitrogen and oxygen atoms in total. The van der Waals surface area contributed by atoms with Crippen LogP contribution in [-0.4, -0.2) is 18.4 Å². The fraction of sp³-hybridized carbons (Fsp3) is 0.143. The van der Waals surface area contributed by atoms with Crippen LogP contribution in [0.1, 0.15) is 26.4 Å². The summed E-state index contributed by atoms with van der Waals surface area (Å²) in [5, 5.41) is 3.22. The number of amides is 2. The molecule has 0 aliphatic carbocycles. The number of hydrogen-bond acceptors (Lipinski definition) is 4. The predicted octanol–water partition coefficient (Wildman–Crippen LogP) is 4.53. The highest BCUT2D eigenvalue weighted by molar-refractivity contribution is 9.10. The fourth-order valence-corrected chi connectivity index (χ4v) is 4.26. The maximum atomic E-state index is 12.3. The third-order valence-corrected chi connectivity index (χ3v) is 5.87. The number of thiophene rings is 1. The van der Waals surface area contributed by atoms with Crippen molar-refractivity contribution in [1.82, 2.24) is 0 Å². The number of benzene rings is 2. The van der Waals surface area contributed by atoms with Gasteiger partial charge < -0.3 is 15.8 Å². The van der Waals surface area contributed by atoms with Gasteiger partial charge in [0, 0.05) is 15.8 Å². The lowest BCUT2D eigenvalue weighted by atomic mass is 10.1. The van der Waals surface area contributed by atoms with E-state index in [9.17, 15) is 9.59 Å². The van der Waals surface area contributed by atoms with Crippen LogP contribution in [0, 0.1) is 6.92 Å². The molecule has 1 heterocycles. The second-order valence-corrected chi connectivity index (χ2v) is 8.19. The number of carbonyl (C=O) groups is 2. The molecule has 144 valence electrons. The standard InChI is InChI=1S/C21H19BrN2O3S/c1-13-17(11-14-5-3-2-4-6-14)28-21(19(13)20(23)26)24-18(25)12-27-16-9-7-15(22)8-10-16/h2-10H,11-12H2,1H3,(H2,23,26)(H,24,25). The van der Waals surface area contributed by atoms with Crippen LogP contribution in [0.4, 0.5) is 5.00 Å². The molecule has 0 atom stereocenters. The summed E-state index contributed by atoms with van der Waals surface area (Å²) in [6.07, 6.45) is 0.670. The van der Waals surface area contributed by atoms with Gasteiger partial charge in [0.15, 0.2) is 6.61 Å². The van der Waals surface area contributed by atoms with Crippen LogP contribution in [-0.2, 0) is 11.2 Å². The summed E-state index contributed by atoms with van der Waals surface area (Å²) in [6.45, 7) is 1.69. The Morgan fingerprint density at radius 2 is 1.79 bits per heavy atom. The lowest BCUT2D eigenvalue weighted by molar-refractivity contribution is -0.118. The Morgan fingerprint density at radius 1 is 1.11 bits per heavy atom. The quantitative estimate of drug-likeness (QED) is 0.545. The van der Waals surface area contributed by atoms with Gasteiger partial charge in [-0.05, 0) is 42.3 Å². The van der Waals surface area contributed by atoms with Crippen molar-refractivity contribution < 1.29 is 14.3 Å². The van der Waals surface area contributed by atoms with Gasteiger partial charge >= 0.3 is 0 Å². The minimum Gasteiger partial charge on any atom is -0.484 e. The number of halogens is 1. The molecule has 1 aromatic heterocycles. The van der Waals surface area contributed by atoms with Gasteiger partial charge in [-0.3, -0.25) is 9.59 Å². The number of nitrogens with two attached hydrogens (primary N) is 1. The van der Waals surface area contributed by atoms with Gasteiger partial charge in [-0.15, -0.1) is 11.3 Å². The van der Waals surface area contributed by atoms with Crippen LogP contribution in [0.15, 0.2) is 59.1 Å². The van der Waals surface area contributed by atoms with Crippen LogP contribution >= 0.6 is 27.3 Å². The second kappa shape index (κ2) is 9.03. The van der Waals surface area contributed by atoms with Crippen molar-refractivity contribution in [2.24, 2.45) is 5.73 Å². The summed E-state index contributed by atoms with van der Waals surface area (Å²) in [4.78, 5) is 25.2. The zero-order chi connectivity index (χ0) is 20.1. The van der Waals surface area contributed by atoms with Gasteiger partial charge in [0.05, 0.1) is 5.56 Å². The van der Waals surface area contributed by atoms with Crippen LogP contribution < -0.4 is 15.8 Å². The highest BCUT2D eigenvalue weighted by Crippen LogP contribution is 2.34. The van der Waals surface area contributed by atoms with E-state index in [-0.39, 0.29) is 12.5 Å². The van der Waals surface area contributed by atoms with E-state index in [1.54, 1.807) is 12.1 Å². The summed E-state index contributed by atoms with van der Waals surface area (Å²) in [5.41, 5.74) is 7.83. The molecule has 0 fully saturated rings. The molecule has 3 aromatic rings. The number of carbonyl (C=O) groups excluding carboxylic acids is 2. The maximum absolute atomic E-state index is 12.3. The average molecular weight is 459 g/mol. The highest BCUT2D eigenvalue weighted by Gasteiger charge is 2.21. The topological polar surface area (TPSA) is 81.4 Å². The van der Waals surface area contributed by atoms with E-state index in [1.807, 2.05) is 49.4 Å². The van der Waals surface area contributed by atoms with Gasteiger partial charge in [0.25, 0.3) is 11.8 Å². The number of hydrogen-bond donors (Lipinski definition) is 2. The molecule has 0 saturated carbocycles. The molecule has 2 amide bonds. The van der Waals surface area contributed by atoms with E-state index < -0.39 is 5.91 Å². The van der Waals surface area contributed by atoms with Crippen LogP contribution in [0.25, 0.3) is 0 Å². The zero-order valence-corrected chi connectivity index (χ0v) is 17.6. The molecule has 0 spiro atoms. The van der Waals surface area contributed by atoms with Crippen LogP contribution in [0.3, 0.4) is 0 Å². The minimum atomic E-state index is -0.558.